The third-order valence-corrected chi connectivity index (χ3v) is 5.13. The number of halogens is 1. The van der Waals surface area contributed by atoms with E-state index in [0.717, 1.165) is 32.4 Å². The minimum atomic E-state index is -0.437. The fourth-order valence-corrected chi connectivity index (χ4v) is 3.64. The summed E-state index contributed by atoms with van der Waals surface area (Å²) in [5.74, 6) is 0.185. The Morgan fingerprint density at radius 1 is 1.27 bits per heavy atom. The van der Waals surface area contributed by atoms with E-state index in [0.29, 0.717) is 17.0 Å². The van der Waals surface area contributed by atoms with Crippen molar-refractivity contribution in [2.75, 3.05) is 25.5 Å². The summed E-state index contributed by atoms with van der Waals surface area (Å²) >= 11 is 0. The molecule has 1 aliphatic carbocycles. The van der Waals surface area contributed by atoms with Crippen LogP contribution in [0.1, 0.15) is 43.5 Å². The van der Waals surface area contributed by atoms with E-state index < -0.39 is 5.97 Å². The van der Waals surface area contributed by atoms with Crippen molar-refractivity contribution in [2.24, 2.45) is 11.3 Å². The number of amides is 1. The molecule has 6 nitrogen and oxygen atoms in total. The number of esters is 1. The average molecular weight is 383 g/mol. The largest absolute Gasteiger partial charge is 0.489 e. The van der Waals surface area contributed by atoms with Crippen LogP contribution in [0.25, 0.3) is 0 Å². The van der Waals surface area contributed by atoms with Gasteiger partial charge in [-0.2, -0.15) is 0 Å². The van der Waals surface area contributed by atoms with Crippen molar-refractivity contribution in [3.8, 4) is 5.75 Å². The molecule has 26 heavy (non-hydrogen) atoms. The summed E-state index contributed by atoms with van der Waals surface area (Å²) in [4.78, 5) is 24.5. The van der Waals surface area contributed by atoms with Crippen LogP contribution in [0.15, 0.2) is 18.2 Å². The molecule has 1 unspecified atom stereocenters. The van der Waals surface area contributed by atoms with Crippen molar-refractivity contribution in [2.45, 2.75) is 39.2 Å². The third kappa shape index (κ3) is 4.30. The maximum absolute atomic E-state index is 12.7. The summed E-state index contributed by atoms with van der Waals surface area (Å²) in [6, 6.07) is 4.97. The van der Waals surface area contributed by atoms with Gasteiger partial charge in [0.05, 0.1) is 24.5 Å². The van der Waals surface area contributed by atoms with Gasteiger partial charge in [0.1, 0.15) is 5.75 Å². The molecule has 0 bridgehead atoms. The molecule has 3 rings (SSSR count). The lowest BCUT2D eigenvalue weighted by atomic mass is 9.92. The molecule has 0 radical (unpaired) electrons. The second kappa shape index (κ2) is 8.27. The zero-order valence-electron chi connectivity index (χ0n) is 15.5. The van der Waals surface area contributed by atoms with E-state index in [1.165, 1.54) is 7.11 Å². The quantitative estimate of drug-likeness (QED) is 0.765. The Bertz CT molecular complexity index is 672. The lowest BCUT2D eigenvalue weighted by Crippen LogP contribution is -2.31. The van der Waals surface area contributed by atoms with E-state index in [1.807, 2.05) is 13.8 Å². The van der Waals surface area contributed by atoms with Gasteiger partial charge in [-0.15, -0.1) is 12.4 Å². The molecular formula is C19H27ClN2O4. The van der Waals surface area contributed by atoms with Gasteiger partial charge in [-0.1, -0.05) is 0 Å². The van der Waals surface area contributed by atoms with Gasteiger partial charge < -0.3 is 20.1 Å². The fraction of sp³-hybridized carbons (Fsp3) is 0.579. The van der Waals surface area contributed by atoms with Crippen LogP contribution in [-0.4, -0.2) is 38.2 Å². The Kier molecular flexibility index (Phi) is 6.53. The van der Waals surface area contributed by atoms with E-state index >= 15 is 0 Å². The molecule has 2 aliphatic rings. The molecule has 144 valence electrons. The van der Waals surface area contributed by atoms with Crippen LogP contribution < -0.4 is 15.4 Å². The summed E-state index contributed by atoms with van der Waals surface area (Å²) in [6.45, 7) is 5.79. The molecule has 1 atom stereocenters. The van der Waals surface area contributed by atoms with E-state index in [9.17, 15) is 9.59 Å². The molecule has 1 aromatic rings. The maximum Gasteiger partial charge on any atom is 0.337 e. The smallest absolute Gasteiger partial charge is 0.337 e. The highest BCUT2D eigenvalue weighted by atomic mass is 35.5. The maximum atomic E-state index is 12.7. The third-order valence-electron chi connectivity index (χ3n) is 5.13. The van der Waals surface area contributed by atoms with Crippen LogP contribution >= 0.6 is 12.4 Å². The number of anilines is 1. The van der Waals surface area contributed by atoms with Crippen molar-refractivity contribution in [1.82, 2.24) is 5.32 Å². The summed E-state index contributed by atoms with van der Waals surface area (Å²) in [5, 5.41) is 6.32. The molecule has 1 saturated carbocycles. The van der Waals surface area contributed by atoms with Crippen LogP contribution in [0.4, 0.5) is 5.69 Å². The predicted molar refractivity (Wildman–Crippen MR) is 102 cm³/mol. The first-order chi connectivity index (χ1) is 11.9. The van der Waals surface area contributed by atoms with Gasteiger partial charge in [0.25, 0.3) is 0 Å². The Morgan fingerprint density at radius 3 is 2.58 bits per heavy atom. The van der Waals surface area contributed by atoms with E-state index in [2.05, 4.69) is 10.6 Å². The molecule has 1 spiro atoms. The van der Waals surface area contributed by atoms with Crippen molar-refractivity contribution in [3.05, 3.63) is 23.8 Å². The van der Waals surface area contributed by atoms with Crippen LogP contribution in [0, 0.1) is 11.3 Å². The minimum Gasteiger partial charge on any atom is -0.489 e. The Balaban J connectivity index is 0.00000243. The molecule has 1 aromatic carbocycles. The first-order valence-corrected chi connectivity index (χ1v) is 8.86. The Hall–Kier alpha value is -1.79. The first-order valence-electron chi connectivity index (χ1n) is 8.86. The van der Waals surface area contributed by atoms with Crippen molar-refractivity contribution in [1.29, 1.82) is 0 Å². The highest BCUT2D eigenvalue weighted by Gasteiger charge is 2.57. The number of methoxy groups -OCH3 is 1. The summed E-state index contributed by atoms with van der Waals surface area (Å²) in [5.41, 5.74) is 1.08. The fourth-order valence-electron chi connectivity index (χ4n) is 3.64. The number of carbonyl (C=O) groups excluding carboxylic acids is 2. The molecule has 1 heterocycles. The number of nitrogens with one attached hydrogen (secondary N) is 2. The molecular weight excluding hydrogens is 356 g/mol. The van der Waals surface area contributed by atoms with Crippen molar-refractivity contribution >= 4 is 30.0 Å². The summed E-state index contributed by atoms with van der Waals surface area (Å²) in [7, 11) is 1.34. The summed E-state index contributed by atoms with van der Waals surface area (Å²) in [6.07, 6.45) is 3.00. The number of piperidine rings is 1. The van der Waals surface area contributed by atoms with Crippen LogP contribution in [-0.2, 0) is 9.53 Å². The molecule has 0 aromatic heterocycles. The average Bonchev–Trinajstić information content (AvgIpc) is 3.29. The topological polar surface area (TPSA) is 76.7 Å². The molecule has 7 heteroatoms. The minimum absolute atomic E-state index is 0. The monoisotopic (exact) mass is 382 g/mol. The van der Waals surface area contributed by atoms with E-state index in [-0.39, 0.29) is 35.8 Å². The number of carbonyl (C=O) groups is 2. The predicted octanol–water partition coefficient (Wildman–Crippen LogP) is 3.01. The lowest BCUT2D eigenvalue weighted by Gasteiger charge is -2.23. The zero-order chi connectivity index (χ0) is 18.0. The molecule has 2 fully saturated rings. The van der Waals surface area contributed by atoms with E-state index in [1.54, 1.807) is 18.2 Å². The highest BCUT2D eigenvalue weighted by Crippen LogP contribution is 2.58. The second-order valence-electron chi connectivity index (χ2n) is 7.23. The zero-order valence-corrected chi connectivity index (χ0v) is 16.3. The van der Waals surface area contributed by atoms with Crippen molar-refractivity contribution < 1.29 is 19.1 Å². The van der Waals surface area contributed by atoms with Gasteiger partial charge in [-0.3, -0.25) is 4.79 Å². The number of hydrogen-bond acceptors (Lipinski definition) is 5. The van der Waals surface area contributed by atoms with Crippen LogP contribution in [0.3, 0.4) is 0 Å². The van der Waals surface area contributed by atoms with Gasteiger partial charge in [0.15, 0.2) is 0 Å². The molecule has 1 aliphatic heterocycles. The SMILES string of the molecule is COC(=O)c1ccc(OC(C)C)c(NC(=O)C2CC23CCNCC3)c1.Cl. The van der Waals surface area contributed by atoms with Gasteiger partial charge >= 0.3 is 5.97 Å². The number of benzene rings is 1. The van der Waals surface area contributed by atoms with Gasteiger partial charge in [0, 0.05) is 5.92 Å². The normalized spacial score (nSPS) is 20.2. The Labute approximate surface area is 160 Å². The standard InChI is InChI=1S/C19H26N2O4.ClH/c1-12(2)25-16-5-4-13(18(23)24-3)10-15(16)21-17(22)14-11-19(14)6-8-20-9-7-19;/h4-5,10,12,14,20H,6-9,11H2,1-3H3,(H,21,22);1H. The number of ether oxygens (including phenoxy) is 2. The first kappa shape index (κ1) is 20.5. The van der Waals surface area contributed by atoms with Crippen LogP contribution in [0.5, 0.6) is 5.75 Å². The highest BCUT2D eigenvalue weighted by molar-refractivity contribution is 5.98. The lowest BCUT2D eigenvalue weighted by molar-refractivity contribution is -0.118. The van der Waals surface area contributed by atoms with E-state index in [4.69, 9.17) is 9.47 Å². The van der Waals surface area contributed by atoms with Crippen molar-refractivity contribution in [3.63, 3.8) is 0 Å². The van der Waals surface area contributed by atoms with Crippen LogP contribution in [0.2, 0.25) is 0 Å². The molecule has 2 N–H and O–H groups in total. The van der Waals surface area contributed by atoms with Gasteiger partial charge in [-0.05, 0) is 69.8 Å². The molecule has 1 amide bonds. The Morgan fingerprint density at radius 2 is 1.96 bits per heavy atom. The molecule has 1 saturated heterocycles. The second-order valence-corrected chi connectivity index (χ2v) is 7.23. The van der Waals surface area contributed by atoms with Gasteiger partial charge in [0.2, 0.25) is 5.91 Å². The number of rotatable bonds is 5. The number of hydrogen-bond donors (Lipinski definition) is 2. The van der Waals surface area contributed by atoms with Gasteiger partial charge in [-0.25, -0.2) is 4.79 Å². The summed E-state index contributed by atoms with van der Waals surface area (Å²) < 4.78 is 10.5.